The third kappa shape index (κ3) is 6.55. The predicted molar refractivity (Wildman–Crippen MR) is 141 cm³/mol. The summed E-state index contributed by atoms with van der Waals surface area (Å²) in [5, 5.41) is 26.5. The van der Waals surface area contributed by atoms with Crippen molar-refractivity contribution in [3.8, 4) is 28.9 Å². The van der Waals surface area contributed by atoms with Crippen molar-refractivity contribution in [2.75, 3.05) is 25.9 Å². The normalized spacial score (nSPS) is 12.8. The van der Waals surface area contributed by atoms with E-state index in [0.29, 0.717) is 36.7 Å². The molecule has 0 spiro atoms. The third-order valence-electron chi connectivity index (χ3n) is 5.64. The Hall–Kier alpha value is -4.39. The second-order valence-electron chi connectivity index (χ2n) is 8.49. The molecule has 1 aliphatic rings. The van der Waals surface area contributed by atoms with Crippen LogP contribution in [-0.2, 0) is 4.79 Å². The number of nitrogens with one attached hydrogen (secondary N) is 1. The molecule has 0 aliphatic carbocycles. The lowest BCUT2D eigenvalue weighted by molar-refractivity contribution is -0.137. The number of likely N-dealkylation sites (N-methyl/N-ethyl adjacent to an activating group) is 1. The van der Waals surface area contributed by atoms with Gasteiger partial charge < -0.3 is 30.3 Å². The van der Waals surface area contributed by atoms with Crippen LogP contribution < -0.4 is 15.2 Å². The molecular formula is C26H25F2N5O5S. The van der Waals surface area contributed by atoms with Gasteiger partial charge in [0.05, 0.1) is 18.3 Å². The summed E-state index contributed by atoms with van der Waals surface area (Å²) in [6.07, 6.45) is 1.26. The zero-order chi connectivity index (χ0) is 28.1. The molecule has 2 heterocycles. The highest BCUT2D eigenvalue weighted by Gasteiger charge is 2.25. The van der Waals surface area contributed by atoms with Gasteiger partial charge in [0.1, 0.15) is 17.4 Å². The lowest BCUT2D eigenvalue weighted by atomic mass is 10.1. The van der Waals surface area contributed by atoms with Crippen LogP contribution >= 0.6 is 11.8 Å². The summed E-state index contributed by atoms with van der Waals surface area (Å²) in [7, 11) is 1.84. The van der Waals surface area contributed by atoms with Crippen LogP contribution in [-0.4, -0.2) is 63.6 Å². The number of amidine groups is 2. The Morgan fingerprint density at radius 3 is 2.69 bits per heavy atom. The molecule has 0 saturated heterocycles. The molecule has 5 N–H and O–H groups in total. The molecule has 3 aromatic rings. The van der Waals surface area contributed by atoms with Gasteiger partial charge in [0, 0.05) is 30.5 Å². The maximum absolute atomic E-state index is 15.4. The lowest BCUT2D eigenvalue weighted by Crippen LogP contribution is -2.24. The first-order chi connectivity index (χ1) is 18.6. The highest BCUT2D eigenvalue weighted by Crippen LogP contribution is 2.38. The third-order valence-corrected chi connectivity index (χ3v) is 6.72. The quantitative estimate of drug-likeness (QED) is 0.115. The Balaban J connectivity index is 1.65. The van der Waals surface area contributed by atoms with Crippen molar-refractivity contribution in [2.24, 2.45) is 10.7 Å². The number of carboxylic acid groups (broad SMARTS) is 1. The molecule has 0 unspecified atom stereocenters. The first-order valence-corrected chi connectivity index (χ1v) is 12.7. The summed E-state index contributed by atoms with van der Waals surface area (Å²) in [4.78, 5) is 21.6. The fourth-order valence-electron chi connectivity index (χ4n) is 3.67. The molecule has 4 rings (SSSR count). The maximum atomic E-state index is 15.4. The van der Waals surface area contributed by atoms with Crippen molar-refractivity contribution in [3.05, 3.63) is 65.4 Å². The molecule has 0 bridgehead atoms. The molecule has 1 aliphatic heterocycles. The summed E-state index contributed by atoms with van der Waals surface area (Å²) in [6.45, 7) is 1.20. The number of nitrogens with zero attached hydrogens (tertiary/aromatic N) is 3. The number of carboxylic acids is 1. The number of carbonyl (C=O) groups is 1. The van der Waals surface area contributed by atoms with E-state index in [2.05, 4.69) is 9.98 Å². The number of hydrogen-bond acceptors (Lipinski definition) is 9. The molecule has 0 radical (unpaired) electrons. The number of aliphatic carboxylic acids is 1. The number of nitrogen functional groups attached to an aromatic ring is 1. The van der Waals surface area contributed by atoms with E-state index in [4.69, 9.17) is 25.7 Å². The Bertz CT molecular complexity index is 1450. The van der Waals surface area contributed by atoms with Crippen molar-refractivity contribution in [1.29, 1.82) is 5.41 Å². The number of rotatable bonds is 11. The second kappa shape index (κ2) is 12.0. The average molecular weight is 558 g/mol. The monoisotopic (exact) mass is 557 g/mol. The van der Waals surface area contributed by atoms with Crippen LogP contribution in [0.2, 0.25) is 0 Å². The first kappa shape index (κ1) is 27.6. The maximum Gasteiger partial charge on any atom is 0.303 e. The number of halogens is 2. The van der Waals surface area contributed by atoms with E-state index in [0.717, 1.165) is 11.1 Å². The number of aromatic nitrogens is 1. The summed E-state index contributed by atoms with van der Waals surface area (Å²) < 4.78 is 41.3. The summed E-state index contributed by atoms with van der Waals surface area (Å²) in [5.41, 5.74) is 6.19. The van der Waals surface area contributed by atoms with Gasteiger partial charge in [-0.05, 0) is 48.6 Å². The van der Waals surface area contributed by atoms with E-state index in [1.807, 2.05) is 11.9 Å². The second-order valence-corrected chi connectivity index (χ2v) is 9.65. The van der Waals surface area contributed by atoms with Crippen molar-refractivity contribution in [1.82, 2.24) is 9.88 Å². The van der Waals surface area contributed by atoms with Crippen LogP contribution in [0.5, 0.6) is 28.9 Å². The number of pyridine rings is 1. The summed E-state index contributed by atoms with van der Waals surface area (Å²) in [6, 6.07) is 8.87. The standard InChI is InChI=1S/C26H25F2N5O5S/c1-33-9-8-31-25(33)16-12-15(39-10-2-3-21(35)36)5-7-19(16)37-23-17(27)13-32-26(22(23)28)38-20-11-14(24(29)30)4-6-18(20)34/h4-7,11-13,34H,2-3,8-10H2,1H3,(H3,29,30)(H,35,36). The van der Waals surface area contributed by atoms with Gasteiger partial charge in [-0.15, -0.1) is 11.8 Å². The molecule has 10 nitrogen and oxygen atoms in total. The highest BCUT2D eigenvalue weighted by molar-refractivity contribution is 7.99. The Morgan fingerprint density at radius 2 is 2.00 bits per heavy atom. The molecule has 1 aromatic heterocycles. The van der Waals surface area contributed by atoms with Gasteiger partial charge in [-0.3, -0.25) is 15.2 Å². The predicted octanol–water partition coefficient (Wildman–Crippen LogP) is 4.58. The van der Waals surface area contributed by atoms with Crippen LogP contribution in [0.15, 0.2) is 52.5 Å². The number of ether oxygens (including phenoxy) is 2. The van der Waals surface area contributed by atoms with E-state index in [9.17, 15) is 14.3 Å². The number of phenols is 1. The van der Waals surface area contributed by atoms with E-state index < -0.39 is 29.2 Å². The first-order valence-electron chi connectivity index (χ1n) is 11.8. The number of thioether (sulfide) groups is 1. The average Bonchev–Trinajstić information content (AvgIpc) is 3.33. The van der Waals surface area contributed by atoms with E-state index in [1.165, 1.54) is 30.0 Å². The molecule has 13 heteroatoms. The van der Waals surface area contributed by atoms with Crippen molar-refractivity contribution >= 4 is 29.4 Å². The van der Waals surface area contributed by atoms with Gasteiger partial charge in [-0.2, -0.15) is 4.39 Å². The van der Waals surface area contributed by atoms with Crippen LogP contribution in [0.1, 0.15) is 24.0 Å². The Morgan fingerprint density at radius 1 is 1.21 bits per heavy atom. The van der Waals surface area contributed by atoms with E-state index in [-0.39, 0.29) is 35.1 Å². The number of hydrogen-bond donors (Lipinski definition) is 4. The molecule has 0 fully saturated rings. The smallest absolute Gasteiger partial charge is 0.303 e. The molecular weight excluding hydrogens is 532 g/mol. The molecule has 0 amide bonds. The molecule has 0 saturated carbocycles. The zero-order valence-corrected chi connectivity index (χ0v) is 21.6. The minimum Gasteiger partial charge on any atom is -0.504 e. The summed E-state index contributed by atoms with van der Waals surface area (Å²) >= 11 is 1.45. The van der Waals surface area contributed by atoms with Gasteiger partial charge in [-0.25, -0.2) is 9.37 Å². The number of nitrogens with two attached hydrogens (primary N) is 1. The molecule has 204 valence electrons. The highest BCUT2D eigenvalue weighted by atomic mass is 32.2. The molecule has 2 aromatic carbocycles. The minimum absolute atomic E-state index is 0.0539. The fraction of sp³-hybridized carbons (Fsp3) is 0.231. The Labute approximate surface area is 226 Å². The van der Waals surface area contributed by atoms with Crippen LogP contribution in [0.3, 0.4) is 0 Å². The zero-order valence-electron chi connectivity index (χ0n) is 20.8. The fourth-order valence-corrected chi connectivity index (χ4v) is 4.56. The van der Waals surface area contributed by atoms with Crippen LogP contribution in [0, 0.1) is 17.0 Å². The lowest BCUT2D eigenvalue weighted by Gasteiger charge is -2.19. The Kier molecular flexibility index (Phi) is 8.49. The van der Waals surface area contributed by atoms with Crippen molar-refractivity contribution in [3.63, 3.8) is 0 Å². The number of phenolic OH excluding ortho intramolecular Hbond substituents is 1. The van der Waals surface area contributed by atoms with Gasteiger partial charge in [0.15, 0.2) is 17.3 Å². The number of benzene rings is 2. The van der Waals surface area contributed by atoms with Gasteiger partial charge >= 0.3 is 5.97 Å². The van der Waals surface area contributed by atoms with Gasteiger partial charge in [0.2, 0.25) is 11.6 Å². The molecule has 0 atom stereocenters. The van der Waals surface area contributed by atoms with Crippen molar-refractivity contribution < 1.29 is 33.3 Å². The largest absolute Gasteiger partial charge is 0.504 e. The SMILES string of the molecule is CN1CCN=C1c1cc(SCCCC(=O)O)ccc1Oc1c(F)cnc(Oc2cc(C(=N)N)ccc2O)c1F. The van der Waals surface area contributed by atoms with Crippen LogP contribution in [0.4, 0.5) is 8.78 Å². The van der Waals surface area contributed by atoms with Gasteiger partial charge in [-0.1, -0.05) is 0 Å². The summed E-state index contributed by atoms with van der Waals surface area (Å²) in [5.74, 6) is -4.25. The minimum atomic E-state index is -1.25. The topological polar surface area (TPSA) is 154 Å². The van der Waals surface area contributed by atoms with Crippen molar-refractivity contribution in [2.45, 2.75) is 17.7 Å². The number of aromatic hydroxyl groups is 1. The number of aliphatic imine (C=N–C) groups is 1. The van der Waals surface area contributed by atoms with Crippen LogP contribution in [0.25, 0.3) is 0 Å². The van der Waals surface area contributed by atoms with Gasteiger partial charge in [0.25, 0.3) is 5.88 Å². The van der Waals surface area contributed by atoms with E-state index in [1.54, 1.807) is 18.2 Å². The molecule has 39 heavy (non-hydrogen) atoms. The van der Waals surface area contributed by atoms with E-state index >= 15 is 4.39 Å².